The molecule has 0 radical (unpaired) electrons. The molecule has 21 heavy (non-hydrogen) atoms. The Morgan fingerprint density at radius 2 is 2.00 bits per heavy atom. The van der Waals surface area contributed by atoms with Gasteiger partial charge in [-0.05, 0) is 56.5 Å². The van der Waals surface area contributed by atoms with E-state index in [9.17, 15) is 4.79 Å². The van der Waals surface area contributed by atoms with Crippen molar-refractivity contribution >= 4 is 22.8 Å². The summed E-state index contributed by atoms with van der Waals surface area (Å²) < 4.78 is 0. The molecule has 0 saturated carbocycles. The molecule has 2 aromatic carbocycles. The number of fused-ring (bicyclic) bond motifs is 1. The topological polar surface area (TPSA) is 46.3 Å². The smallest absolute Gasteiger partial charge is 0.161 e. The lowest BCUT2D eigenvalue weighted by Crippen LogP contribution is -2.24. The van der Waals surface area contributed by atoms with Gasteiger partial charge < -0.3 is 10.6 Å². The summed E-state index contributed by atoms with van der Waals surface area (Å²) in [6.45, 7) is 4.65. The van der Waals surface area contributed by atoms with E-state index in [-0.39, 0.29) is 5.78 Å². The van der Waals surface area contributed by atoms with Crippen molar-refractivity contribution in [3.05, 3.63) is 53.1 Å². The highest BCUT2D eigenvalue weighted by atomic mass is 16.1. The molecule has 2 aromatic rings. The standard InChI is InChI=1S/C18H20N2O/c1-12-5-8-18-14(10-12)4-3-9-20(18)15-6-7-17(19)16(11-15)13(2)21/h5-8,10-11H,3-4,9,19H2,1-2H3. The molecule has 0 atom stereocenters. The second-order valence-electron chi connectivity index (χ2n) is 5.72. The van der Waals surface area contributed by atoms with Gasteiger partial charge in [-0.1, -0.05) is 17.7 Å². The Morgan fingerprint density at radius 3 is 2.76 bits per heavy atom. The molecule has 0 unspecified atom stereocenters. The van der Waals surface area contributed by atoms with Gasteiger partial charge in [0.15, 0.2) is 5.78 Å². The molecule has 1 aliphatic heterocycles. The lowest BCUT2D eigenvalue weighted by Gasteiger charge is -2.32. The third kappa shape index (κ3) is 2.51. The first kappa shape index (κ1) is 13.7. The fourth-order valence-corrected chi connectivity index (χ4v) is 3.01. The van der Waals surface area contributed by atoms with Crippen LogP contribution in [0.4, 0.5) is 17.1 Å². The van der Waals surface area contributed by atoms with Gasteiger partial charge in [0.25, 0.3) is 0 Å². The van der Waals surface area contributed by atoms with E-state index in [2.05, 4.69) is 30.0 Å². The van der Waals surface area contributed by atoms with Gasteiger partial charge in [0.2, 0.25) is 0 Å². The molecule has 0 bridgehead atoms. The van der Waals surface area contributed by atoms with Crippen LogP contribution in [0, 0.1) is 6.92 Å². The molecule has 2 N–H and O–H groups in total. The number of anilines is 3. The lowest BCUT2D eigenvalue weighted by atomic mass is 9.98. The van der Waals surface area contributed by atoms with E-state index >= 15 is 0 Å². The molecular weight excluding hydrogens is 260 g/mol. The normalized spacial score (nSPS) is 13.9. The molecule has 0 aromatic heterocycles. The van der Waals surface area contributed by atoms with Crippen molar-refractivity contribution in [3.63, 3.8) is 0 Å². The van der Waals surface area contributed by atoms with E-state index in [1.165, 1.54) is 16.8 Å². The monoisotopic (exact) mass is 280 g/mol. The van der Waals surface area contributed by atoms with Gasteiger partial charge in [-0.15, -0.1) is 0 Å². The maximum absolute atomic E-state index is 11.7. The summed E-state index contributed by atoms with van der Waals surface area (Å²) in [5.74, 6) is 0.00971. The number of rotatable bonds is 2. The number of nitrogens with zero attached hydrogens (tertiary/aromatic N) is 1. The Kier molecular flexibility index (Phi) is 3.42. The molecule has 3 heteroatoms. The van der Waals surface area contributed by atoms with Gasteiger partial charge in [0.05, 0.1) is 0 Å². The fraction of sp³-hybridized carbons (Fsp3) is 0.278. The zero-order valence-electron chi connectivity index (χ0n) is 12.5. The summed E-state index contributed by atoms with van der Waals surface area (Å²) in [7, 11) is 0. The van der Waals surface area contributed by atoms with E-state index in [1.54, 1.807) is 6.92 Å². The van der Waals surface area contributed by atoms with Crippen molar-refractivity contribution in [2.24, 2.45) is 0 Å². The molecule has 108 valence electrons. The van der Waals surface area contributed by atoms with Crippen molar-refractivity contribution in [2.75, 3.05) is 17.2 Å². The number of benzene rings is 2. The molecule has 3 nitrogen and oxygen atoms in total. The molecule has 0 fully saturated rings. The first-order chi connectivity index (χ1) is 10.1. The van der Waals surface area contributed by atoms with E-state index in [1.807, 2.05) is 18.2 Å². The molecule has 0 spiro atoms. The molecular formula is C18H20N2O. The van der Waals surface area contributed by atoms with Gasteiger partial charge in [-0.2, -0.15) is 0 Å². The van der Waals surface area contributed by atoms with E-state index in [0.29, 0.717) is 11.3 Å². The van der Waals surface area contributed by atoms with E-state index in [0.717, 1.165) is 25.1 Å². The Bertz CT molecular complexity index is 706. The van der Waals surface area contributed by atoms with E-state index in [4.69, 9.17) is 5.73 Å². The Hall–Kier alpha value is -2.29. The second kappa shape index (κ2) is 5.24. The first-order valence-corrected chi connectivity index (χ1v) is 7.34. The lowest BCUT2D eigenvalue weighted by molar-refractivity contribution is 0.101. The number of nitrogens with two attached hydrogens (primary N) is 1. The van der Waals surface area contributed by atoms with Crippen LogP contribution in [0.1, 0.15) is 34.8 Å². The summed E-state index contributed by atoms with van der Waals surface area (Å²) in [5, 5.41) is 0. The molecule has 0 saturated heterocycles. The van der Waals surface area contributed by atoms with Crippen LogP contribution in [0.15, 0.2) is 36.4 Å². The van der Waals surface area contributed by atoms with Gasteiger partial charge in [0.1, 0.15) is 0 Å². The highest BCUT2D eigenvalue weighted by molar-refractivity contribution is 6.00. The maximum atomic E-state index is 11.7. The minimum Gasteiger partial charge on any atom is -0.398 e. The Morgan fingerprint density at radius 1 is 1.19 bits per heavy atom. The number of carbonyl (C=O) groups is 1. The van der Waals surface area contributed by atoms with Crippen molar-refractivity contribution in [1.29, 1.82) is 0 Å². The van der Waals surface area contributed by atoms with Crippen LogP contribution in [-0.2, 0) is 6.42 Å². The second-order valence-corrected chi connectivity index (χ2v) is 5.72. The Balaban J connectivity index is 2.07. The quantitative estimate of drug-likeness (QED) is 0.671. The predicted molar refractivity (Wildman–Crippen MR) is 87.4 cm³/mol. The average Bonchev–Trinajstić information content (AvgIpc) is 2.46. The summed E-state index contributed by atoms with van der Waals surface area (Å²) in [6, 6.07) is 12.3. The number of ketones is 1. The summed E-state index contributed by atoms with van der Waals surface area (Å²) >= 11 is 0. The fourth-order valence-electron chi connectivity index (χ4n) is 3.01. The van der Waals surface area contributed by atoms with Crippen molar-refractivity contribution in [2.45, 2.75) is 26.7 Å². The average molecular weight is 280 g/mol. The van der Waals surface area contributed by atoms with Crippen LogP contribution in [0.3, 0.4) is 0 Å². The van der Waals surface area contributed by atoms with Crippen LogP contribution >= 0.6 is 0 Å². The number of carbonyl (C=O) groups excluding carboxylic acids is 1. The van der Waals surface area contributed by atoms with Crippen molar-refractivity contribution in [1.82, 2.24) is 0 Å². The third-order valence-corrected chi connectivity index (χ3v) is 4.08. The zero-order valence-corrected chi connectivity index (χ0v) is 12.5. The van der Waals surface area contributed by atoms with Crippen LogP contribution in [0.5, 0.6) is 0 Å². The molecule has 3 rings (SSSR count). The van der Waals surface area contributed by atoms with E-state index < -0.39 is 0 Å². The number of hydrogen-bond donors (Lipinski definition) is 1. The number of nitrogen functional groups attached to an aromatic ring is 1. The minimum absolute atomic E-state index is 0.00971. The van der Waals surface area contributed by atoms with Crippen molar-refractivity contribution in [3.8, 4) is 0 Å². The summed E-state index contributed by atoms with van der Waals surface area (Å²) in [6.07, 6.45) is 2.23. The number of hydrogen-bond acceptors (Lipinski definition) is 3. The third-order valence-electron chi connectivity index (χ3n) is 4.08. The van der Waals surface area contributed by atoms with Gasteiger partial charge in [-0.3, -0.25) is 4.79 Å². The highest BCUT2D eigenvalue weighted by Gasteiger charge is 2.19. The van der Waals surface area contributed by atoms with Gasteiger partial charge >= 0.3 is 0 Å². The molecule has 0 aliphatic carbocycles. The predicted octanol–water partition coefficient (Wildman–Crippen LogP) is 3.86. The Labute approximate surface area is 125 Å². The molecule has 1 aliphatic rings. The number of Topliss-reactive ketones (excluding diaryl/α,β-unsaturated/α-hetero) is 1. The van der Waals surface area contributed by atoms with Crippen LogP contribution in [-0.4, -0.2) is 12.3 Å². The van der Waals surface area contributed by atoms with Crippen molar-refractivity contribution < 1.29 is 4.79 Å². The van der Waals surface area contributed by atoms with Crippen LogP contribution in [0.25, 0.3) is 0 Å². The number of aryl methyl sites for hydroxylation is 2. The van der Waals surface area contributed by atoms with Crippen LogP contribution < -0.4 is 10.6 Å². The maximum Gasteiger partial charge on any atom is 0.161 e. The molecule has 1 heterocycles. The summed E-state index contributed by atoms with van der Waals surface area (Å²) in [4.78, 5) is 14.0. The highest BCUT2D eigenvalue weighted by Crippen LogP contribution is 2.35. The molecule has 0 amide bonds. The first-order valence-electron chi connectivity index (χ1n) is 7.34. The largest absolute Gasteiger partial charge is 0.398 e. The SMILES string of the molecule is CC(=O)c1cc(N2CCCc3cc(C)ccc32)ccc1N. The summed E-state index contributed by atoms with van der Waals surface area (Å²) in [5.41, 5.74) is 12.0. The van der Waals surface area contributed by atoms with Gasteiger partial charge in [-0.25, -0.2) is 0 Å². The van der Waals surface area contributed by atoms with Gasteiger partial charge in [0, 0.05) is 29.2 Å². The van der Waals surface area contributed by atoms with Crippen LogP contribution in [0.2, 0.25) is 0 Å². The minimum atomic E-state index is 0.00971. The zero-order chi connectivity index (χ0) is 15.0.